The first-order valence-corrected chi connectivity index (χ1v) is 6.49. The van der Waals surface area contributed by atoms with Gasteiger partial charge in [0.05, 0.1) is 16.1 Å². The number of imidazole rings is 1. The lowest BCUT2D eigenvalue weighted by Crippen LogP contribution is -1.79. The van der Waals surface area contributed by atoms with Crippen molar-refractivity contribution in [2.75, 3.05) is 0 Å². The Kier molecular flexibility index (Phi) is 2.71. The quantitative estimate of drug-likeness (QED) is 0.729. The molecule has 17 heavy (non-hydrogen) atoms. The van der Waals surface area contributed by atoms with Crippen LogP contribution in [0.1, 0.15) is 11.4 Å². The van der Waals surface area contributed by atoms with Gasteiger partial charge in [-0.05, 0) is 40.6 Å². The number of benzene rings is 1. The number of nitrogens with one attached hydrogen (secondary N) is 1. The van der Waals surface area contributed by atoms with Gasteiger partial charge < -0.3 is 4.98 Å². The Morgan fingerprint density at radius 3 is 2.94 bits per heavy atom. The molecular weight excluding hydrogens is 252 g/mol. The van der Waals surface area contributed by atoms with Crippen LogP contribution in [-0.2, 0) is 0 Å². The highest BCUT2D eigenvalue weighted by Gasteiger charge is 2.05. The zero-order valence-electron chi connectivity index (χ0n) is 8.85. The third-order valence-corrected chi connectivity index (χ3v) is 3.44. The minimum atomic E-state index is 0.625. The number of hydrogen-bond acceptors (Lipinski definition) is 2. The molecule has 84 valence electrons. The molecule has 3 rings (SSSR count). The van der Waals surface area contributed by atoms with Crippen molar-refractivity contribution in [1.29, 1.82) is 0 Å². The number of para-hydroxylation sites is 2. The van der Waals surface area contributed by atoms with Crippen molar-refractivity contribution in [2.45, 2.75) is 0 Å². The van der Waals surface area contributed by atoms with Crippen molar-refractivity contribution >= 4 is 45.1 Å². The molecule has 4 heteroatoms. The van der Waals surface area contributed by atoms with Crippen LogP contribution in [-0.4, -0.2) is 9.97 Å². The molecular formula is C13H9ClN2S. The third kappa shape index (κ3) is 2.12. The molecule has 0 aliphatic carbocycles. The summed E-state index contributed by atoms with van der Waals surface area (Å²) in [4.78, 5) is 7.64. The van der Waals surface area contributed by atoms with Gasteiger partial charge in [0.2, 0.25) is 0 Å². The lowest BCUT2D eigenvalue weighted by Gasteiger charge is -1.91. The van der Waals surface area contributed by atoms with Gasteiger partial charge in [0.25, 0.3) is 0 Å². The first-order valence-electron chi connectivity index (χ1n) is 5.17. The van der Waals surface area contributed by atoms with Gasteiger partial charge in [0.15, 0.2) is 0 Å². The fourth-order valence-corrected chi connectivity index (χ4v) is 2.47. The minimum absolute atomic E-state index is 0.625. The predicted octanol–water partition coefficient (Wildman–Crippen LogP) is 4.36. The van der Waals surface area contributed by atoms with Crippen LogP contribution in [0.2, 0.25) is 0 Å². The molecule has 0 saturated heterocycles. The van der Waals surface area contributed by atoms with Gasteiger partial charge in [-0.1, -0.05) is 23.7 Å². The van der Waals surface area contributed by atoms with Crippen LogP contribution in [0, 0.1) is 0 Å². The van der Waals surface area contributed by atoms with Crippen LogP contribution in [0.5, 0.6) is 0 Å². The van der Waals surface area contributed by atoms with Gasteiger partial charge in [-0.2, -0.15) is 11.3 Å². The summed E-state index contributed by atoms with van der Waals surface area (Å²) in [5, 5.41) is 4.69. The summed E-state index contributed by atoms with van der Waals surface area (Å²) in [6.45, 7) is 0. The van der Waals surface area contributed by atoms with Crippen LogP contribution >= 0.6 is 22.9 Å². The van der Waals surface area contributed by atoms with Crippen LogP contribution in [0.4, 0.5) is 0 Å². The average Bonchev–Trinajstić information content (AvgIpc) is 2.96. The Balaban J connectivity index is 2.03. The SMILES string of the molecule is ClC(=Cc1ccsc1)c1nc2ccccc2[nH]1. The number of H-pyrrole nitrogens is 1. The number of halogens is 1. The fraction of sp³-hybridized carbons (Fsp3) is 0. The van der Waals surface area contributed by atoms with Crippen molar-refractivity contribution in [3.8, 4) is 0 Å². The van der Waals surface area contributed by atoms with Crippen molar-refractivity contribution in [1.82, 2.24) is 9.97 Å². The zero-order chi connectivity index (χ0) is 11.7. The summed E-state index contributed by atoms with van der Waals surface area (Å²) in [5.74, 6) is 0.707. The Labute approximate surface area is 108 Å². The van der Waals surface area contributed by atoms with Crippen molar-refractivity contribution in [2.24, 2.45) is 0 Å². The smallest absolute Gasteiger partial charge is 0.150 e. The normalized spacial score (nSPS) is 12.2. The van der Waals surface area contributed by atoms with E-state index in [0.29, 0.717) is 10.9 Å². The van der Waals surface area contributed by atoms with Crippen molar-refractivity contribution in [3.05, 3.63) is 52.5 Å². The van der Waals surface area contributed by atoms with Crippen LogP contribution in [0.15, 0.2) is 41.1 Å². The fourth-order valence-electron chi connectivity index (χ4n) is 1.64. The Hall–Kier alpha value is -1.58. The number of hydrogen-bond donors (Lipinski definition) is 1. The summed E-state index contributed by atoms with van der Waals surface area (Å²) < 4.78 is 0. The van der Waals surface area contributed by atoms with Crippen LogP contribution in [0.3, 0.4) is 0 Å². The second-order valence-electron chi connectivity index (χ2n) is 3.65. The summed E-state index contributed by atoms with van der Waals surface area (Å²) in [5.41, 5.74) is 3.03. The molecule has 0 bridgehead atoms. The molecule has 0 saturated carbocycles. The summed E-state index contributed by atoms with van der Waals surface area (Å²) in [6.07, 6.45) is 1.91. The molecule has 0 radical (unpaired) electrons. The highest BCUT2D eigenvalue weighted by atomic mass is 35.5. The summed E-state index contributed by atoms with van der Waals surface area (Å²) >= 11 is 7.89. The van der Waals surface area contributed by atoms with Gasteiger partial charge in [-0.25, -0.2) is 4.98 Å². The molecule has 0 fully saturated rings. The van der Waals surface area contributed by atoms with Gasteiger partial charge >= 0.3 is 0 Å². The maximum atomic E-state index is 6.24. The monoisotopic (exact) mass is 260 g/mol. The molecule has 0 aliphatic heterocycles. The van der Waals surface area contributed by atoms with Crippen molar-refractivity contribution < 1.29 is 0 Å². The number of aromatic nitrogens is 2. The van der Waals surface area contributed by atoms with E-state index in [9.17, 15) is 0 Å². The highest BCUT2D eigenvalue weighted by molar-refractivity contribution is 7.08. The van der Waals surface area contributed by atoms with Gasteiger partial charge in [-0.3, -0.25) is 0 Å². The number of nitrogens with zero attached hydrogens (tertiary/aromatic N) is 1. The van der Waals surface area contributed by atoms with E-state index < -0.39 is 0 Å². The Bertz CT molecular complexity index is 635. The second-order valence-corrected chi connectivity index (χ2v) is 4.84. The topological polar surface area (TPSA) is 28.7 Å². The van der Waals surface area contributed by atoms with E-state index in [1.54, 1.807) is 11.3 Å². The largest absolute Gasteiger partial charge is 0.337 e. The minimum Gasteiger partial charge on any atom is -0.337 e. The van der Waals surface area contributed by atoms with Crippen molar-refractivity contribution in [3.63, 3.8) is 0 Å². The molecule has 0 aliphatic rings. The van der Waals surface area contributed by atoms with Crippen LogP contribution in [0.25, 0.3) is 22.1 Å². The molecule has 2 aromatic heterocycles. The number of rotatable bonds is 2. The predicted molar refractivity (Wildman–Crippen MR) is 74.1 cm³/mol. The lowest BCUT2D eigenvalue weighted by atomic mass is 10.3. The molecule has 1 aromatic carbocycles. The van der Waals surface area contributed by atoms with E-state index in [1.807, 2.05) is 47.2 Å². The maximum Gasteiger partial charge on any atom is 0.150 e. The van der Waals surface area contributed by atoms with E-state index in [4.69, 9.17) is 11.6 Å². The van der Waals surface area contributed by atoms with E-state index in [2.05, 4.69) is 9.97 Å². The number of thiophene rings is 1. The molecule has 0 amide bonds. The Morgan fingerprint density at radius 1 is 1.29 bits per heavy atom. The van der Waals surface area contributed by atoms with E-state index in [1.165, 1.54) is 0 Å². The first kappa shape index (κ1) is 10.6. The van der Waals surface area contributed by atoms with Gasteiger partial charge in [0, 0.05) is 0 Å². The molecule has 0 atom stereocenters. The number of fused-ring (bicyclic) bond motifs is 1. The Morgan fingerprint density at radius 2 is 2.18 bits per heavy atom. The molecule has 3 aromatic rings. The molecule has 2 nitrogen and oxygen atoms in total. The molecule has 0 unspecified atom stereocenters. The number of aromatic amines is 1. The molecule has 1 N–H and O–H groups in total. The summed E-state index contributed by atoms with van der Waals surface area (Å²) in [7, 11) is 0. The van der Waals surface area contributed by atoms with Gasteiger partial charge in [-0.15, -0.1) is 0 Å². The zero-order valence-corrected chi connectivity index (χ0v) is 10.4. The van der Waals surface area contributed by atoms with Gasteiger partial charge in [0.1, 0.15) is 5.82 Å². The van der Waals surface area contributed by atoms with Crippen LogP contribution < -0.4 is 0 Å². The molecule has 0 spiro atoms. The highest BCUT2D eigenvalue weighted by Crippen LogP contribution is 2.23. The first-order chi connectivity index (χ1) is 8.33. The van der Waals surface area contributed by atoms with E-state index >= 15 is 0 Å². The molecule has 2 heterocycles. The average molecular weight is 261 g/mol. The third-order valence-electron chi connectivity index (χ3n) is 2.45. The maximum absolute atomic E-state index is 6.24. The lowest BCUT2D eigenvalue weighted by molar-refractivity contribution is 1.29. The standard InChI is InChI=1S/C13H9ClN2S/c14-10(7-9-5-6-17-8-9)13-15-11-3-1-2-4-12(11)16-13/h1-8H,(H,15,16). The summed E-state index contributed by atoms with van der Waals surface area (Å²) in [6, 6.07) is 9.91. The van der Waals surface area contributed by atoms with E-state index in [-0.39, 0.29) is 0 Å². The van der Waals surface area contributed by atoms with E-state index in [0.717, 1.165) is 16.6 Å². The second kappa shape index (κ2) is 4.35.